The molecule has 0 radical (unpaired) electrons. The summed E-state index contributed by atoms with van der Waals surface area (Å²) in [6.07, 6.45) is 3.53. The van der Waals surface area contributed by atoms with E-state index in [0.717, 1.165) is 23.7 Å². The fourth-order valence-corrected chi connectivity index (χ4v) is 1.86. The summed E-state index contributed by atoms with van der Waals surface area (Å²) in [5.74, 6) is 0. The zero-order valence-electron chi connectivity index (χ0n) is 10.2. The van der Waals surface area contributed by atoms with E-state index in [1.165, 1.54) is 0 Å². The lowest BCUT2D eigenvalue weighted by Crippen LogP contribution is -2.20. The molecule has 90 valence electrons. The second kappa shape index (κ2) is 4.34. The number of hydrogen-bond donors (Lipinski definition) is 1. The minimum Gasteiger partial charge on any atom is -0.390 e. The van der Waals surface area contributed by atoms with Crippen molar-refractivity contribution < 1.29 is 9.90 Å². The summed E-state index contributed by atoms with van der Waals surface area (Å²) in [6, 6.07) is 7.66. The minimum atomic E-state index is -0.668. The molecular formula is C14H17NO2. The lowest BCUT2D eigenvalue weighted by Gasteiger charge is -2.17. The summed E-state index contributed by atoms with van der Waals surface area (Å²) in [5.41, 5.74) is 1.05. The molecule has 0 aliphatic rings. The summed E-state index contributed by atoms with van der Waals surface area (Å²) in [6.45, 7) is 4.35. The van der Waals surface area contributed by atoms with Crippen LogP contribution in [0, 0.1) is 0 Å². The fourth-order valence-electron chi connectivity index (χ4n) is 1.86. The van der Waals surface area contributed by atoms with E-state index in [9.17, 15) is 9.90 Å². The summed E-state index contributed by atoms with van der Waals surface area (Å²) < 4.78 is 2.07. The molecule has 2 aromatic rings. The highest BCUT2D eigenvalue weighted by atomic mass is 16.3. The average molecular weight is 231 g/mol. The van der Waals surface area contributed by atoms with Gasteiger partial charge in [0.25, 0.3) is 0 Å². The predicted molar refractivity (Wildman–Crippen MR) is 68.2 cm³/mol. The van der Waals surface area contributed by atoms with Gasteiger partial charge in [-0.1, -0.05) is 12.1 Å². The number of hydrogen-bond acceptors (Lipinski definition) is 2. The van der Waals surface area contributed by atoms with Gasteiger partial charge in [-0.15, -0.1) is 0 Å². The van der Waals surface area contributed by atoms with Crippen molar-refractivity contribution in [3.8, 4) is 0 Å². The van der Waals surface area contributed by atoms with E-state index < -0.39 is 5.60 Å². The zero-order valence-corrected chi connectivity index (χ0v) is 10.2. The Balaban J connectivity index is 2.31. The number of aromatic nitrogens is 1. The molecule has 0 saturated carbocycles. The van der Waals surface area contributed by atoms with Crippen LogP contribution in [0.4, 0.5) is 0 Å². The minimum absolute atomic E-state index is 0.668. The molecule has 0 aliphatic carbocycles. The lowest BCUT2D eigenvalue weighted by atomic mass is 10.1. The van der Waals surface area contributed by atoms with Crippen molar-refractivity contribution in [1.82, 2.24) is 4.57 Å². The summed E-state index contributed by atoms with van der Waals surface area (Å²) in [4.78, 5) is 10.8. The number of rotatable bonds is 4. The molecule has 0 fully saturated rings. The third kappa shape index (κ3) is 2.74. The van der Waals surface area contributed by atoms with Crippen molar-refractivity contribution in [3.63, 3.8) is 0 Å². The van der Waals surface area contributed by atoms with Gasteiger partial charge in [-0.25, -0.2) is 0 Å². The second-order valence-electron chi connectivity index (χ2n) is 5.01. The molecule has 0 spiro atoms. The first-order valence-corrected chi connectivity index (χ1v) is 5.76. The van der Waals surface area contributed by atoms with Gasteiger partial charge < -0.3 is 9.67 Å². The standard InChI is InChI=1S/C14H17NO2/c1-14(2,17)6-8-15-7-5-12-4-3-11(10-16)9-13(12)15/h3-5,7,9-10,17H,6,8H2,1-2H3. The van der Waals surface area contributed by atoms with Crippen molar-refractivity contribution >= 4 is 17.2 Å². The molecule has 0 atom stereocenters. The van der Waals surface area contributed by atoms with Crippen molar-refractivity contribution in [1.29, 1.82) is 0 Å². The van der Waals surface area contributed by atoms with E-state index in [1.807, 2.05) is 30.5 Å². The summed E-state index contributed by atoms with van der Waals surface area (Å²) >= 11 is 0. The highest BCUT2D eigenvalue weighted by molar-refractivity contribution is 5.87. The van der Waals surface area contributed by atoms with Crippen molar-refractivity contribution in [2.45, 2.75) is 32.4 Å². The van der Waals surface area contributed by atoms with E-state index in [-0.39, 0.29) is 0 Å². The van der Waals surface area contributed by atoms with Gasteiger partial charge in [-0.05, 0) is 37.8 Å². The number of carbonyl (C=O) groups excluding carboxylic acids is 1. The molecule has 3 heteroatoms. The number of carbonyl (C=O) groups is 1. The maximum Gasteiger partial charge on any atom is 0.150 e. The topological polar surface area (TPSA) is 42.2 Å². The molecule has 1 aromatic heterocycles. The molecule has 3 nitrogen and oxygen atoms in total. The van der Waals surface area contributed by atoms with Gasteiger partial charge >= 0.3 is 0 Å². The Morgan fingerprint density at radius 2 is 2.12 bits per heavy atom. The third-order valence-corrected chi connectivity index (χ3v) is 2.90. The molecule has 1 N–H and O–H groups in total. The molecule has 1 aromatic carbocycles. The second-order valence-corrected chi connectivity index (χ2v) is 5.01. The Bertz CT molecular complexity index is 535. The molecular weight excluding hydrogens is 214 g/mol. The first-order valence-electron chi connectivity index (χ1n) is 5.76. The smallest absolute Gasteiger partial charge is 0.150 e. The Morgan fingerprint density at radius 1 is 1.35 bits per heavy atom. The van der Waals surface area contributed by atoms with Gasteiger partial charge in [0.15, 0.2) is 0 Å². The number of aldehydes is 1. The normalized spacial score (nSPS) is 11.9. The van der Waals surface area contributed by atoms with Gasteiger partial charge in [0.1, 0.15) is 6.29 Å². The van der Waals surface area contributed by atoms with Crippen LogP contribution in [0.5, 0.6) is 0 Å². The van der Waals surface area contributed by atoms with E-state index in [0.29, 0.717) is 12.0 Å². The lowest BCUT2D eigenvalue weighted by molar-refractivity contribution is 0.0666. The number of aryl methyl sites for hydroxylation is 1. The summed E-state index contributed by atoms with van der Waals surface area (Å²) in [5, 5.41) is 10.8. The van der Waals surface area contributed by atoms with Crippen LogP contribution >= 0.6 is 0 Å². The van der Waals surface area contributed by atoms with Crippen molar-refractivity contribution in [2.24, 2.45) is 0 Å². The van der Waals surface area contributed by atoms with Gasteiger partial charge in [0, 0.05) is 23.8 Å². The predicted octanol–water partition coefficient (Wildman–Crippen LogP) is 2.61. The van der Waals surface area contributed by atoms with Crippen LogP contribution < -0.4 is 0 Å². The molecule has 2 rings (SSSR count). The first-order chi connectivity index (χ1) is 7.99. The maximum atomic E-state index is 10.8. The van der Waals surface area contributed by atoms with Crippen LogP contribution in [0.3, 0.4) is 0 Å². The van der Waals surface area contributed by atoms with Crippen LogP contribution in [0.1, 0.15) is 30.6 Å². The zero-order chi connectivity index (χ0) is 12.5. The largest absolute Gasteiger partial charge is 0.390 e. The number of aliphatic hydroxyl groups is 1. The molecule has 1 heterocycles. The SMILES string of the molecule is CC(C)(O)CCn1ccc2ccc(C=O)cc21. The van der Waals surface area contributed by atoms with E-state index >= 15 is 0 Å². The highest BCUT2D eigenvalue weighted by Crippen LogP contribution is 2.19. The molecule has 0 aliphatic heterocycles. The molecule has 0 amide bonds. The quantitative estimate of drug-likeness (QED) is 0.822. The van der Waals surface area contributed by atoms with Crippen LogP contribution in [-0.4, -0.2) is 21.6 Å². The van der Waals surface area contributed by atoms with Crippen LogP contribution in [0.25, 0.3) is 10.9 Å². The first kappa shape index (κ1) is 11.9. The van der Waals surface area contributed by atoms with Gasteiger partial charge in [0.2, 0.25) is 0 Å². The monoisotopic (exact) mass is 231 g/mol. The van der Waals surface area contributed by atoms with Gasteiger partial charge in [-0.3, -0.25) is 4.79 Å². The Hall–Kier alpha value is -1.61. The maximum absolute atomic E-state index is 10.8. The van der Waals surface area contributed by atoms with Crippen molar-refractivity contribution in [3.05, 3.63) is 36.0 Å². The number of benzene rings is 1. The fraction of sp³-hybridized carbons (Fsp3) is 0.357. The van der Waals surface area contributed by atoms with Crippen LogP contribution in [0.15, 0.2) is 30.5 Å². The summed E-state index contributed by atoms with van der Waals surface area (Å²) in [7, 11) is 0. The molecule has 0 bridgehead atoms. The van der Waals surface area contributed by atoms with E-state index in [1.54, 1.807) is 13.8 Å². The van der Waals surface area contributed by atoms with Crippen LogP contribution in [-0.2, 0) is 6.54 Å². The molecule has 0 saturated heterocycles. The number of fused-ring (bicyclic) bond motifs is 1. The van der Waals surface area contributed by atoms with E-state index in [2.05, 4.69) is 4.57 Å². The van der Waals surface area contributed by atoms with Gasteiger partial charge in [-0.2, -0.15) is 0 Å². The number of nitrogens with zero attached hydrogens (tertiary/aromatic N) is 1. The third-order valence-electron chi connectivity index (χ3n) is 2.90. The van der Waals surface area contributed by atoms with E-state index in [4.69, 9.17) is 0 Å². The Morgan fingerprint density at radius 3 is 2.76 bits per heavy atom. The molecule has 0 unspecified atom stereocenters. The van der Waals surface area contributed by atoms with Crippen molar-refractivity contribution in [2.75, 3.05) is 0 Å². The van der Waals surface area contributed by atoms with Gasteiger partial charge in [0.05, 0.1) is 5.60 Å². The Labute approximate surface area is 101 Å². The Kier molecular flexibility index (Phi) is 3.03. The highest BCUT2D eigenvalue weighted by Gasteiger charge is 2.12. The van der Waals surface area contributed by atoms with Crippen LogP contribution in [0.2, 0.25) is 0 Å². The average Bonchev–Trinajstić information content (AvgIpc) is 2.67. The molecule has 17 heavy (non-hydrogen) atoms.